The molecule has 1 aromatic heterocycles. The van der Waals surface area contributed by atoms with Crippen LogP contribution in [0.25, 0.3) is 0 Å². The van der Waals surface area contributed by atoms with Gasteiger partial charge in [0, 0.05) is 50.0 Å². The Morgan fingerprint density at radius 1 is 1.35 bits per heavy atom. The van der Waals surface area contributed by atoms with Crippen LogP contribution in [0.5, 0.6) is 0 Å². The molecule has 0 saturated carbocycles. The van der Waals surface area contributed by atoms with Gasteiger partial charge < -0.3 is 15.1 Å². The standard InChI is InChI=1S/C15H16BrN5O2/c1-11(22)20-4-6-21(7-5-20)15(23)12(9-17)10-19-14-8-13(16)2-3-18-14/h2-3,8,10H,4-7H2,1H3,(H,18,19)/b12-10-. The van der Waals surface area contributed by atoms with Gasteiger partial charge in [-0.2, -0.15) is 5.26 Å². The molecule has 1 N–H and O–H groups in total. The van der Waals surface area contributed by atoms with E-state index in [1.807, 2.05) is 6.07 Å². The van der Waals surface area contributed by atoms with Gasteiger partial charge in [0.1, 0.15) is 17.5 Å². The molecule has 1 saturated heterocycles. The third kappa shape index (κ3) is 4.53. The van der Waals surface area contributed by atoms with Crippen LogP contribution in [0.15, 0.2) is 34.6 Å². The number of hydrogen-bond donors (Lipinski definition) is 1. The van der Waals surface area contributed by atoms with Crippen LogP contribution in [0.3, 0.4) is 0 Å². The Kier molecular flexibility index (Phi) is 5.71. The molecular formula is C15H16BrN5O2. The van der Waals surface area contributed by atoms with E-state index in [1.165, 1.54) is 13.1 Å². The number of anilines is 1. The molecule has 2 rings (SSSR count). The lowest BCUT2D eigenvalue weighted by Crippen LogP contribution is -2.50. The summed E-state index contributed by atoms with van der Waals surface area (Å²) in [6.45, 7) is 3.33. The minimum atomic E-state index is -0.349. The number of amides is 2. The van der Waals surface area contributed by atoms with Crippen molar-refractivity contribution in [2.24, 2.45) is 0 Å². The summed E-state index contributed by atoms with van der Waals surface area (Å²) in [6.07, 6.45) is 2.96. The monoisotopic (exact) mass is 377 g/mol. The Morgan fingerprint density at radius 3 is 2.57 bits per heavy atom. The topological polar surface area (TPSA) is 89.3 Å². The molecule has 2 amide bonds. The summed E-state index contributed by atoms with van der Waals surface area (Å²) in [5, 5.41) is 12.0. The highest BCUT2D eigenvalue weighted by molar-refractivity contribution is 9.10. The summed E-state index contributed by atoms with van der Waals surface area (Å²) in [5.41, 5.74) is 0.00282. The zero-order valence-electron chi connectivity index (χ0n) is 12.6. The van der Waals surface area contributed by atoms with Crippen molar-refractivity contribution in [2.45, 2.75) is 6.92 Å². The highest BCUT2D eigenvalue weighted by atomic mass is 79.9. The van der Waals surface area contributed by atoms with Crippen LogP contribution < -0.4 is 5.32 Å². The van der Waals surface area contributed by atoms with Gasteiger partial charge in [-0.1, -0.05) is 15.9 Å². The second-order valence-corrected chi connectivity index (χ2v) is 5.89. The maximum Gasteiger partial charge on any atom is 0.266 e. The molecule has 8 heteroatoms. The van der Waals surface area contributed by atoms with Crippen molar-refractivity contribution in [2.75, 3.05) is 31.5 Å². The number of halogens is 1. The molecule has 0 aromatic carbocycles. The van der Waals surface area contributed by atoms with Gasteiger partial charge in [0.05, 0.1) is 0 Å². The third-order valence-corrected chi connectivity index (χ3v) is 3.94. The van der Waals surface area contributed by atoms with Crippen molar-refractivity contribution in [3.05, 3.63) is 34.6 Å². The van der Waals surface area contributed by atoms with Gasteiger partial charge >= 0.3 is 0 Å². The van der Waals surface area contributed by atoms with Crippen LogP contribution in [-0.4, -0.2) is 52.8 Å². The average molecular weight is 378 g/mol. The average Bonchev–Trinajstić information content (AvgIpc) is 2.55. The van der Waals surface area contributed by atoms with Crippen LogP contribution >= 0.6 is 15.9 Å². The fourth-order valence-corrected chi connectivity index (χ4v) is 2.50. The Labute approximate surface area is 142 Å². The maximum atomic E-state index is 12.4. The quantitative estimate of drug-likeness (QED) is 0.634. The van der Waals surface area contributed by atoms with E-state index in [1.54, 1.807) is 28.1 Å². The normalized spacial score (nSPS) is 15.1. The summed E-state index contributed by atoms with van der Waals surface area (Å²) < 4.78 is 0.841. The lowest BCUT2D eigenvalue weighted by atomic mass is 10.2. The molecule has 0 atom stereocenters. The molecule has 0 unspecified atom stereocenters. The van der Waals surface area contributed by atoms with E-state index in [0.717, 1.165) is 4.47 Å². The fourth-order valence-electron chi connectivity index (χ4n) is 2.17. The number of carbonyl (C=O) groups is 2. The molecule has 120 valence electrons. The summed E-state index contributed by atoms with van der Waals surface area (Å²) in [4.78, 5) is 31.0. The zero-order valence-corrected chi connectivity index (χ0v) is 14.2. The van der Waals surface area contributed by atoms with Crippen molar-refractivity contribution in [1.29, 1.82) is 5.26 Å². The number of nitrogens with zero attached hydrogens (tertiary/aromatic N) is 4. The van der Waals surface area contributed by atoms with Crippen molar-refractivity contribution >= 4 is 33.6 Å². The molecule has 23 heavy (non-hydrogen) atoms. The van der Waals surface area contributed by atoms with Gasteiger partial charge in [-0.15, -0.1) is 0 Å². The van der Waals surface area contributed by atoms with Crippen LogP contribution in [0, 0.1) is 11.3 Å². The summed E-state index contributed by atoms with van der Waals surface area (Å²) in [5.74, 6) is 0.176. The van der Waals surface area contributed by atoms with E-state index in [0.29, 0.717) is 32.0 Å². The predicted molar refractivity (Wildman–Crippen MR) is 88.1 cm³/mol. The van der Waals surface area contributed by atoms with Gasteiger partial charge in [0.25, 0.3) is 5.91 Å². The number of carbonyl (C=O) groups excluding carboxylic acids is 2. The third-order valence-electron chi connectivity index (χ3n) is 3.45. The maximum absolute atomic E-state index is 12.4. The molecule has 7 nitrogen and oxygen atoms in total. The molecule has 0 spiro atoms. The minimum Gasteiger partial charge on any atom is -0.345 e. The molecule has 0 radical (unpaired) electrons. The van der Waals surface area contributed by atoms with Crippen LogP contribution in [-0.2, 0) is 9.59 Å². The molecule has 2 heterocycles. The molecule has 1 aromatic rings. The number of nitrogens with one attached hydrogen (secondary N) is 1. The van der Waals surface area contributed by atoms with Crippen LogP contribution in [0.4, 0.5) is 5.82 Å². The van der Waals surface area contributed by atoms with Gasteiger partial charge in [0.2, 0.25) is 5.91 Å². The molecule has 1 aliphatic heterocycles. The Hall–Kier alpha value is -2.40. The van der Waals surface area contributed by atoms with Crippen LogP contribution in [0.1, 0.15) is 6.92 Å². The Morgan fingerprint density at radius 2 is 2.00 bits per heavy atom. The smallest absolute Gasteiger partial charge is 0.266 e. The number of hydrogen-bond acceptors (Lipinski definition) is 5. The predicted octanol–water partition coefficient (Wildman–Crippen LogP) is 1.35. The summed E-state index contributed by atoms with van der Waals surface area (Å²) in [6, 6.07) is 5.42. The first-order chi connectivity index (χ1) is 11.0. The summed E-state index contributed by atoms with van der Waals surface area (Å²) in [7, 11) is 0. The summed E-state index contributed by atoms with van der Waals surface area (Å²) >= 11 is 3.32. The van der Waals surface area contributed by atoms with Crippen molar-refractivity contribution in [3.63, 3.8) is 0 Å². The highest BCUT2D eigenvalue weighted by Gasteiger charge is 2.24. The van der Waals surface area contributed by atoms with Crippen molar-refractivity contribution in [3.8, 4) is 6.07 Å². The molecule has 0 aliphatic carbocycles. The first-order valence-electron chi connectivity index (χ1n) is 7.04. The number of pyridine rings is 1. The van der Waals surface area contributed by atoms with Gasteiger partial charge in [-0.3, -0.25) is 9.59 Å². The van der Waals surface area contributed by atoms with Crippen molar-refractivity contribution in [1.82, 2.24) is 14.8 Å². The van der Waals surface area contributed by atoms with Crippen molar-refractivity contribution < 1.29 is 9.59 Å². The number of rotatable bonds is 3. The second kappa shape index (κ2) is 7.74. The first-order valence-corrected chi connectivity index (χ1v) is 7.83. The number of aromatic nitrogens is 1. The second-order valence-electron chi connectivity index (χ2n) is 4.97. The largest absolute Gasteiger partial charge is 0.345 e. The Balaban J connectivity index is 2.00. The van der Waals surface area contributed by atoms with E-state index >= 15 is 0 Å². The van der Waals surface area contributed by atoms with E-state index in [-0.39, 0.29) is 17.4 Å². The molecular weight excluding hydrogens is 362 g/mol. The van der Waals surface area contributed by atoms with Gasteiger partial charge in [0.15, 0.2) is 0 Å². The molecule has 1 fully saturated rings. The minimum absolute atomic E-state index is 0.00282. The van der Waals surface area contributed by atoms with Gasteiger partial charge in [-0.25, -0.2) is 4.98 Å². The van der Waals surface area contributed by atoms with Gasteiger partial charge in [-0.05, 0) is 12.1 Å². The number of nitriles is 1. The van der Waals surface area contributed by atoms with E-state index < -0.39 is 0 Å². The first kappa shape index (κ1) is 17.0. The molecule has 0 bridgehead atoms. The fraction of sp³-hybridized carbons (Fsp3) is 0.333. The zero-order chi connectivity index (χ0) is 16.8. The highest BCUT2D eigenvalue weighted by Crippen LogP contribution is 2.13. The van der Waals surface area contributed by atoms with E-state index in [2.05, 4.69) is 26.2 Å². The van der Waals surface area contributed by atoms with E-state index in [9.17, 15) is 14.9 Å². The number of piperazine rings is 1. The lowest BCUT2D eigenvalue weighted by Gasteiger charge is -2.34. The van der Waals surface area contributed by atoms with E-state index in [4.69, 9.17) is 0 Å². The SMILES string of the molecule is CC(=O)N1CCN(C(=O)/C(C#N)=C\Nc2cc(Br)ccn2)CC1. The van der Waals surface area contributed by atoms with Crippen LogP contribution in [0.2, 0.25) is 0 Å². The lowest BCUT2D eigenvalue weighted by molar-refractivity contribution is -0.136. The Bertz CT molecular complexity index is 675. The molecule has 1 aliphatic rings.